The van der Waals surface area contributed by atoms with Crippen molar-refractivity contribution in [3.8, 4) is 12.3 Å². The van der Waals surface area contributed by atoms with Gasteiger partial charge in [-0.15, -0.1) is 24.1 Å². The molecule has 1 aliphatic rings. The minimum atomic E-state index is -0.444. The molecule has 5 rings (SSSR count). The van der Waals surface area contributed by atoms with Gasteiger partial charge in [0.15, 0.2) is 0 Å². The van der Waals surface area contributed by atoms with Crippen molar-refractivity contribution in [3.63, 3.8) is 0 Å². The van der Waals surface area contributed by atoms with Gasteiger partial charge in [0.25, 0.3) is 0 Å². The van der Waals surface area contributed by atoms with Crippen molar-refractivity contribution in [2.45, 2.75) is 62.7 Å². The molecule has 0 saturated carbocycles. The monoisotopic (exact) mass is 608 g/mol. The summed E-state index contributed by atoms with van der Waals surface area (Å²) in [6.45, 7) is 2.07. The van der Waals surface area contributed by atoms with Crippen LogP contribution in [-0.4, -0.2) is 42.2 Å². The number of hydrogen-bond acceptors (Lipinski definition) is 6. The number of thioether (sulfide) groups is 1. The Morgan fingerprint density at radius 2 is 1.00 bits per heavy atom. The summed E-state index contributed by atoms with van der Waals surface area (Å²) in [4.78, 5) is 0. The molecule has 1 fully saturated rings. The van der Waals surface area contributed by atoms with E-state index in [2.05, 4.69) is 54.5 Å². The van der Waals surface area contributed by atoms with Gasteiger partial charge >= 0.3 is 0 Å². The summed E-state index contributed by atoms with van der Waals surface area (Å²) in [5.41, 5.74) is 4.01. The Morgan fingerprint density at radius 3 is 1.48 bits per heavy atom. The molecule has 0 bridgehead atoms. The van der Waals surface area contributed by atoms with Crippen LogP contribution < -0.4 is 0 Å². The Hall–Kier alpha value is -3.41. The Balaban J connectivity index is 1.42. The van der Waals surface area contributed by atoms with Crippen LogP contribution in [0.4, 0.5) is 0 Å². The largest absolute Gasteiger partial charge is 0.374 e. The van der Waals surface area contributed by atoms with E-state index in [1.807, 2.05) is 72.8 Å². The molecule has 0 radical (unpaired) electrons. The highest BCUT2D eigenvalue weighted by molar-refractivity contribution is 7.99. The van der Waals surface area contributed by atoms with E-state index in [9.17, 15) is 0 Å². The molecule has 0 spiro atoms. The molecular formula is C38H40O5S. The van der Waals surface area contributed by atoms with Gasteiger partial charge in [-0.3, -0.25) is 0 Å². The van der Waals surface area contributed by atoms with Crippen molar-refractivity contribution in [1.82, 2.24) is 0 Å². The Kier molecular flexibility index (Phi) is 12.9. The molecule has 44 heavy (non-hydrogen) atoms. The van der Waals surface area contributed by atoms with E-state index in [0.29, 0.717) is 39.5 Å². The minimum Gasteiger partial charge on any atom is -0.374 e. The first-order valence-corrected chi connectivity index (χ1v) is 16.1. The second-order valence-electron chi connectivity index (χ2n) is 10.7. The molecule has 0 aromatic heterocycles. The summed E-state index contributed by atoms with van der Waals surface area (Å²) in [7, 11) is 0. The van der Waals surface area contributed by atoms with Crippen molar-refractivity contribution < 1.29 is 23.7 Å². The third kappa shape index (κ3) is 9.80. The summed E-state index contributed by atoms with van der Waals surface area (Å²) in [5.74, 6) is 3.49. The van der Waals surface area contributed by atoms with Crippen LogP contribution in [0.5, 0.6) is 0 Å². The molecule has 5 nitrogen and oxygen atoms in total. The lowest BCUT2D eigenvalue weighted by Crippen LogP contribution is -2.60. The number of rotatable bonds is 16. The second kappa shape index (κ2) is 17.8. The average Bonchev–Trinajstić information content (AvgIpc) is 3.08. The maximum absolute atomic E-state index is 6.79. The van der Waals surface area contributed by atoms with Crippen molar-refractivity contribution >= 4 is 11.8 Å². The topological polar surface area (TPSA) is 46.2 Å². The lowest BCUT2D eigenvalue weighted by Gasteiger charge is -2.46. The van der Waals surface area contributed by atoms with E-state index in [1.165, 1.54) is 0 Å². The van der Waals surface area contributed by atoms with Gasteiger partial charge in [-0.05, 0) is 22.3 Å². The molecule has 4 aromatic carbocycles. The number of benzene rings is 4. The fourth-order valence-electron chi connectivity index (χ4n) is 5.12. The molecule has 1 saturated heterocycles. The molecule has 0 amide bonds. The lowest BCUT2D eigenvalue weighted by atomic mass is 9.98. The van der Waals surface area contributed by atoms with Crippen molar-refractivity contribution in [2.75, 3.05) is 12.4 Å². The number of terminal acetylenes is 1. The second-order valence-corrected chi connectivity index (χ2v) is 11.9. The first-order chi connectivity index (χ1) is 21.8. The summed E-state index contributed by atoms with van der Waals surface area (Å²) >= 11 is 1.66. The number of hydrogen-bond donors (Lipinski definition) is 0. The standard InChI is InChI=1S/C38H40O5S/c1-2-3-24-44-38-37(42-28-33-22-14-7-15-23-33)36(41-27-32-20-12-6-13-21-32)35(40-26-31-18-10-5-11-19-31)34(43-38)29-39-25-30-16-8-4-9-17-30/h1,4-23,34-38H,3,24-29H2/t34-,35-,36+,37-,38+/m1/s1. The lowest BCUT2D eigenvalue weighted by molar-refractivity contribution is -0.254. The highest BCUT2D eigenvalue weighted by atomic mass is 32.2. The molecule has 1 aliphatic heterocycles. The van der Waals surface area contributed by atoms with Gasteiger partial charge in [0.1, 0.15) is 29.9 Å². The van der Waals surface area contributed by atoms with Gasteiger partial charge in [-0.1, -0.05) is 121 Å². The van der Waals surface area contributed by atoms with Crippen LogP contribution in [0.2, 0.25) is 0 Å². The van der Waals surface area contributed by atoms with E-state index in [1.54, 1.807) is 11.8 Å². The minimum absolute atomic E-state index is 0.324. The third-order valence-corrected chi connectivity index (χ3v) is 8.52. The summed E-state index contributed by atoms with van der Waals surface area (Å²) in [6, 6.07) is 40.7. The van der Waals surface area contributed by atoms with Crippen LogP contribution in [0.15, 0.2) is 121 Å². The van der Waals surface area contributed by atoms with Gasteiger partial charge in [-0.2, -0.15) is 0 Å². The Labute approximate surface area is 265 Å². The third-order valence-electron chi connectivity index (χ3n) is 7.37. The first kappa shape index (κ1) is 32.0. The normalized spacial score (nSPS) is 21.5. The quantitative estimate of drug-likeness (QED) is 0.0974. The van der Waals surface area contributed by atoms with Crippen LogP contribution in [0.25, 0.3) is 0 Å². The van der Waals surface area contributed by atoms with E-state index in [0.717, 1.165) is 28.0 Å². The van der Waals surface area contributed by atoms with E-state index in [4.69, 9.17) is 30.1 Å². The summed E-state index contributed by atoms with van der Waals surface area (Å²) in [5, 5.41) is 0. The van der Waals surface area contributed by atoms with Crippen molar-refractivity contribution in [1.29, 1.82) is 0 Å². The van der Waals surface area contributed by atoms with Gasteiger partial charge in [0, 0.05) is 12.2 Å². The van der Waals surface area contributed by atoms with Crippen LogP contribution in [0, 0.1) is 12.3 Å². The van der Waals surface area contributed by atoms with Crippen LogP contribution in [0.1, 0.15) is 28.7 Å². The van der Waals surface area contributed by atoms with Crippen molar-refractivity contribution in [3.05, 3.63) is 144 Å². The first-order valence-electron chi connectivity index (χ1n) is 15.1. The zero-order chi connectivity index (χ0) is 30.2. The fraction of sp³-hybridized carbons (Fsp3) is 0.316. The molecule has 4 aromatic rings. The Bertz CT molecular complexity index is 1380. The Morgan fingerprint density at radius 1 is 0.568 bits per heavy atom. The molecule has 1 heterocycles. The van der Waals surface area contributed by atoms with Crippen LogP contribution >= 0.6 is 11.8 Å². The van der Waals surface area contributed by atoms with Gasteiger partial charge in [0.05, 0.1) is 33.0 Å². The van der Waals surface area contributed by atoms with Crippen molar-refractivity contribution in [2.24, 2.45) is 0 Å². The van der Waals surface area contributed by atoms with E-state index >= 15 is 0 Å². The number of ether oxygens (including phenoxy) is 5. The molecule has 0 aliphatic carbocycles. The zero-order valence-electron chi connectivity index (χ0n) is 24.9. The van der Waals surface area contributed by atoms with Crippen LogP contribution in [-0.2, 0) is 50.1 Å². The van der Waals surface area contributed by atoms with E-state index < -0.39 is 18.3 Å². The summed E-state index contributed by atoms with van der Waals surface area (Å²) < 4.78 is 33.2. The maximum atomic E-state index is 6.79. The summed E-state index contributed by atoms with van der Waals surface area (Å²) in [6.07, 6.45) is 4.59. The van der Waals surface area contributed by atoms with Gasteiger partial charge in [-0.25, -0.2) is 0 Å². The van der Waals surface area contributed by atoms with Gasteiger partial charge < -0.3 is 23.7 Å². The maximum Gasteiger partial charge on any atom is 0.132 e. The molecule has 0 unspecified atom stereocenters. The molecule has 228 valence electrons. The van der Waals surface area contributed by atoms with Gasteiger partial charge in [0.2, 0.25) is 0 Å². The van der Waals surface area contributed by atoms with Crippen LogP contribution in [0.3, 0.4) is 0 Å². The SMILES string of the molecule is C#CCCS[C@@H]1O[C@H](COCc2ccccc2)[C@@H](OCc2ccccc2)[C@H](OCc2ccccc2)[C@H]1OCc1ccccc1. The predicted octanol–water partition coefficient (Wildman–Crippen LogP) is 7.44. The average molecular weight is 609 g/mol. The highest BCUT2D eigenvalue weighted by Gasteiger charge is 2.48. The molecular weight excluding hydrogens is 568 g/mol. The zero-order valence-corrected chi connectivity index (χ0v) is 25.7. The molecule has 0 N–H and O–H groups in total. The fourth-order valence-corrected chi connectivity index (χ4v) is 6.23. The highest BCUT2D eigenvalue weighted by Crippen LogP contribution is 2.35. The smallest absolute Gasteiger partial charge is 0.132 e. The predicted molar refractivity (Wildman–Crippen MR) is 176 cm³/mol. The molecule has 5 atom stereocenters. The van der Waals surface area contributed by atoms with E-state index in [-0.39, 0.29) is 11.5 Å². The molecule has 6 heteroatoms.